The fourth-order valence-corrected chi connectivity index (χ4v) is 5.42. The van der Waals surface area contributed by atoms with E-state index in [-0.39, 0.29) is 27.5 Å². The van der Waals surface area contributed by atoms with Crippen LogP contribution in [0.4, 0.5) is 5.13 Å². The van der Waals surface area contributed by atoms with E-state index < -0.39 is 15.7 Å². The van der Waals surface area contributed by atoms with Crippen LogP contribution < -0.4 is 5.32 Å². The molecule has 1 N–H and O–H groups in total. The lowest BCUT2D eigenvalue weighted by molar-refractivity contribution is -0.115. The summed E-state index contributed by atoms with van der Waals surface area (Å²) >= 11 is 7.22. The molecule has 1 amide bonds. The lowest BCUT2D eigenvalue weighted by Crippen LogP contribution is -2.18. The van der Waals surface area contributed by atoms with Crippen molar-refractivity contribution in [3.63, 3.8) is 0 Å². The molecule has 0 aliphatic rings. The van der Waals surface area contributed by atoms with Gasteiger partial charge in [-0.2, -0.15) is 0 Å². The van der Waals surface area contributed by atoms with Gasteiger partial charge in [-0.3, -0.25) is 4.79 Å². The maximum Gasteiger partial charge on any atom is 0.227 e. The fourth-order valence-electron chi connectivity index (χ4n) is 2.72. The molecule has 0 bridgehead atoms. The van der Waals surface area contributed by atoms with Crippen molar-refractivity contribution in [2.75, 3.05) is 11.1 Å². The highest BCUT2D eigenvalue weighted by Crippen LogP contribution is 2.34. The number of benzene rings is 2. The summed E-state index contributed by atoms with van der Waals surface area (Å²) in [4.78, 5) is 12.3. The Hall–Kier alpha value is -2.29. The zero-order chi connectivity index (χ0) is 21.1. The van der Waals surface area contributed by atoms with Crippen molar-refractivity contribution in [1.29, 1.82) is 0 Å². The summed E-state index contributed by atoms with van der Waals surface area (Å²) in [7, 11) is -3.66. The second kappa shape index (κ2) is 8.61. The Bertz CT molecular complexity index is 1110. The first-order chi connectivity index (χ1) is 13.7. The SMILES string of the molecule is CC(C)(c1ccccc1)c1nnc(NC(=O)CCS(=O)(=O)c2ccccc2Cl)s1. The topological polar surface area (TPSA) is 89.0 Å². The van der Waals surface area contributed by atoms with Gasteiger partial charge in [0.25, 0.3) is 0 Å². The van der Waals surface area contributed by atoms with E-state index in [0.29, 0.717) is 5.13 Å². The third-order valence-corrected chi connectivity index (χ3v) is 7.84. The summed E-state index contributed by atoms with van der Waals surface area (Å²) in [5.41, 5.74) is 0.717. The lowest BCUT2D eigenvalue weighted by Gasteiger charge is -2.21. The third-order valence-electron chi connectivity index (χ3n) is 4.47. The predicted molar refractivity (Wildman–Crippen MR) is 115 cm³/mol. The second-order valence-electron chi connectivity index (χ2n) is 6.95. The molecule has 3 rings (SSSR count). The average molecular weight is 450 g/mol. The molecular formula is C20H20ClN3O3S2. The van der Waals surface area contributed by atoms with Crippen LogP contribution in [0, 0.1) is 0 Å². The molecule has 0 atom stereocenters. The van der Waals surface area contributed by atoms with Gasteiger partial charge in [0.2, 0.25) is 11.0 Å². The van der Waals surface area contributed by atoms with E-state index in [9.17, 15) is 13.2 Å². The highest BCUT2D eigenvalue weighted by Gasteiger charge is 2.28. The average Bonchev–Trinajstić information content (AvgIpc) is 3.17. The number of nitrogens with zero attached hydrogens (tertiary/aromatic N) is 2. The Morgan fingerprint density at radius 1 is 1.07 bits per heavy atom. The minimum atomic E-state index is -3.66. The number of amides is 1. The molecule has 0 unspecified atom stereocenters. The first kappa shape index (κ1) is 21.4. The highest BCUT2D eigenvalue weighted by molar-refractivity contribution is 7.91. The van der Waals surface area contributed by atoms with Gasteiger partial charge in [0.15, 0.2) is 9.84 Å². The Labute approximate surface area is 178 Å². The summed E-state index contributed by atoms with van der Waals surface area (Å²) < 4.78 is 24.8. The van der Waals surface area contributed by atoms with Crippen molar-refractivity contribution in [1.82, 2.24) is 10.2 Å². The quantitative estimate of drug-likeness (QED) is 0.580. The van der Waals surface area contributed by atoms with Crippen LogP contribution >= 0.6 is 22.9 Å². The van der Waals surface area contributed by atoms with Crippen LogP contribution in [0.1, 0.15) is 30.8 Å². The van der Waals surface area contributed by atoms with E-state index in [2.05, 4.69) is 15.5 Å². The lowest BCUT2D eigenvalue weighted by atomic mass is 9.85. The molecule has 1 heterocycles. The number of sulfone groups is 1. The largest absolute Gasteiger partial charge is 0.300 e. The third kappa shape index (κ3) is 5.01. The van der Waals surface area contributed by atoms with Crippen LogP contribution in [0.5, 0.6) is 0 Å². The number of carbonyl (C=O) groups is 1. The van der Waals surface area contributed by atoms with Crippen LogP contribution in [-0.4, -0.2) is 30.3 Å². The number of rotatable bonds is 7. The first-order valence-electron chi connectivity index (χ1n) is 8.87. The van der Waals surface area contributed by atoms with E-state index in [4.69, 9.17) is 11.6 Å². The van der Waals surface area contributed by atoms with E-state index in [1.54, 1.807) is 12.1 Å². The molecule has 152 valence electrons. The van der Waals surface area contributed by atoms with E-state index in [0.717, 1.165) is 10.6 Å². The van der Waals surface area contributed by atoms with Gasteiger partial charge in [-0.25, -0.2) is 8.42 Å². The molecule has 0 radical (unpaired) electrons. The molecule has 0 saturated heterocycles. The van der Waals surface area contributed by atoms with Crippen molar-refractivity contribution in [3.05, 3.63) is 70.2 Å². The summed E-state index contributed by atoms with van der Waals surface area (Å²) in [5.74, 6) is -0.787. The van der Waals surface area contributed by atoms with Gasteiger partial charge in [-0.1, -0.05) is 65.4 Å². The van der Waals surface area contributed by atoms with Gasteiger partial charge < -0.3 is 5.32 Å². The van der Waals surface area contributed by atoms with Crippen molar-refractivity contribution in [3.8, 4) is 0 Å². The number of halogens is 1. The maximum atomic E-state index is 12.4. The number of hydrogen-bond donors (Lipinski definition) is 1. The Morgan fingerprint density at radius 2 is 1.72 bits per heavy atom. The van der Waals surface area contributed by atoms with E-state index in [1.165, 1.54) is 23.5 Å². The molecule has 2 aromatic carbocycles. The predicted octanol–water partition coefficient (Wildman–Crippen LogP) is 4.32. The molecule has 9 heteroatoms. The van der Waals surface area contributed by atoms with Crippen molar-refractivity contribution < 1.29 is 13.2 Å². The number of carbonyl (C=O) groups excluding carboxylic acids is 1. The molecule has 29 heavy (non-hydrogen) atoms. The Balaban J connectivity index is 1.64. The number of hydrogen-bond acceptors (Lipinski definition) is 6. The first-order valence-corrected chi connectivity index (χ1v) is 11.7. The molecule has 0 saturated carbocycles. The monoisotopic (exact) mass is 449 g/mol. The summed E-state index contributed by atoms with van der Waals surface area (Å²) in [6.45, 7) is 4.06. The molecule has 0 aliphatic carbocycles. The molecule has 0 fully saturated rings. The van der Waals surface area contributed by atoms with Crippen LogP contribution in [0.15, 0.2) is 59.5 Å². The van der Waals surface area contributed by atoms with Gasteiger partial charge in [-0.05, 0) is 31.5 Å². The molecule has 6 nitrogen and oxygen atoms in total. The normalized spacial score (nSPS) is 12.0. The van der Waals surface area contributed by atoms with E-state index >= 15 is 0 Å². The molecular weight excluding hydrogens is 430 g/mol. The summed E-state index contributed by atoms with van der Waals surface area (Å²) in [5, 5.41) is 12.1. The summed E-state index contributed by atoms with van der Waals surface area (Å²) in [6.07, 6.45) is -0.204. The minimum Gasteiger partial charge on any atom is -0.300 e. The van der Waals surface area contributed by atoms with Crippen molar-refractivity contribution in [2.45, 2.75) is 30.6 Å². The van der Waals surface area contributed by atoms with Crippen LogP contribution in [0.25, 0.3) is 0 Å². The highest BCUT2D eigenvalue weighted by atomic mass is 35.5. The molecule has 3 aromatic rings. The zero-order valence-corrected chi connectivity index (χ0v) is 18.3. The van der Waals surface area contributed by atoms with Crippen LogP contribution in [-0.2, 0) is 20.0 Å². The number of nitrogens with one attached hydrogen (secondary N) is 1. The molecule has 1 aromatic heterocycles. The standard InChI is InChI=1S/C20H20ClN3O3S2/c1-20(2,14-8-4-3-5-9-14)18-23-24-19(28-18)22-17(25)12-13-29(26,27)16-11-7-6-10-15(16)21/h3-11H,12-13H2,1-2H3,(H,22,24,25). The van der Waals surface area contributed by atoms with Crippen molar-refractivity contribution >= 4 is 43.8 Å². The minimum absolute atomic E-state index is 0.0253. The number of aromatic nitrogens is 2. The van der Waals surface area contributed by atoms with Crippen LogP contribution in [0.2, 0.25) is 5.02 Å². The Morgan fingerprint density at radius 3 is 2.41 bits per heavy atom. The van der Waals surface area contributed by atoms with Crippen LogP contribution in [0.3, 0.4) is 0 Å². The fraction of sp³-hybridized carbons (Fsp3) is 0.250. The smallest absolute Gasteiger partial charge is 0.227 e. The van der Waals surface area contributed by atoms with Gasteiger partial charge in [0.05, 0.1) is 15.7 Å². The van der Waals surface area contributed by atoms with E-state index in [1.807, 2.05) is 44.2 Å². The Kier molecular flexibility index (Phi) is 6.36. The summed E-state index contributed by atoms with van der Waals surface area (Å²) in [6, 6.07) is 16.1. The maximum absolute atomic E-state index is 12.4. The van der Waals surface area contributed by atoms with Crippen molar-refractivity contribution in [2.24, 2.45) is 0 Å². The molecule has 0 spiro atoms. The second-order valence-corrected chi connectivity index (χ2v) is 10.4. The molecule has 0 aliphatic heterocycles. The van der Waals surface area contributed by atoms with Gasteiger partial charge >= 0.3 is 0 Å². The van der Waals surface area contributed by atoms with Gasteiger partial charge in [0, 0.05) is 11.8 Å². The number of anilines is 1. The van der Waals surface area contributed by atoms with Gasteiger partial charge in [-0.15, -0.1) is 10.2 Å². The van der Waals surface area contributed by atoms with Gasteiger partial charge in [0.1, 0.15) is 5.01 Å². The zero-order valence-electron chi connectivity index (χ0n) is 15.9.